The number of aromatic carboxylic acids is 1. The number of carbonyl (C=O) groups is 1. The summed E-state index contributed by atoms with van der Waals surface area (Å²) < 4.78 is 1.50. The molecule has 0 bridgehead atoms. The molecule has 21 heavy (non-hydrogen) atoms. The molecule has 2 heterocycles. The Morgan fingerprint density at radius 2 is 2.00 bits per heavy atom. The van der Waals surface area contributed by atoms with E-state index in [9.17, 15) is 24.9 Å². The summed E-state index contributed by atoms with van der Waals surface area (Å²) in [5.41, 5.74) is -0.991. The number of aromatic nitrogens is 1. The number of carboxylic acid groups (broad SMARTS) is 1. The first-order chi connectivity index (χ1) is 9.82. The maximum atomic E-state index is 12.2. The molecule has 1 aliphatic rings. The van der Waals surface area contributed by atoms with Gasteiger partial charge in [0.05, 0.1) is 17.0 Å². The van der Waals surface area contributed by atoms with Gasteiger partial charge in [0.2, 0.25) is 5.43 Å². The number of aliphatic hydroxyl groups excluding tert-OH is 1. The van der Waals surface area contributed by atoms with Gasteiger partial charge in [-0.1, -0.05) is 0 Å². The van der Waals surface area contributed by atoms with Crippen molar-refractivity contribution in [3.8, 4) is 11.5 Å². The molecule has 7 nitrogen and oxygen atoms in total. The molecule has 0 radical (unpaired) electrons. The van der Waals surface area contributed by atoms with Crippen molar-refractivity contribution in [3.63, 3.8) is 0 Å². The smallest absolute Gasteiger partial charge is 0.341 e. The second kappa shape index (κ2) is 4.23. The van der Waals surface area contributed by atoms with E-state index in [1.54, 1.807) is 6.92 Å². The number of rotatable bonds is 1. The van der Waals surface area contributed by atoms with Crippen LogP contribution in [0.4, 0.5) is 0 Å². The molecule has 0 amide bonds. The van der Waals surface area contributed by atoms with E-state index >= 15 is 0 Å². The lowest BCUT2D eigenvalue weighted by Crippen LogP contribution is -2.25. The molecular weight excluding hydrogens is 278 g/mol. The van der Waals surface area contributed by atoms with E-state index in [1.807, 2.05) is 0 Å². The molecule has 2 atom stereocenters. The van der Waals surface area contributed by atoms with Crippen molar-refractivity contribution in [2.45, 2.75) is 25.5 Å². The van der Waals surface area contributed by atoms with Crippen LogP contribution in [0.5, 0.6) is 11.5 Å². The fraction of sp³-hybridized carbons (Fsp3) is 0.286. The third kappa shape index (κ3) is 1.71. The average molecular weight is 291 g/mol. The highest BCUT2D eigenvalue weighted by Crippen LogP contribution is 2.43. The van der Waals surface area contributed by atoms with Gasteiger partial charge in [-0.25, -0.2) is 4.79 Å². The molecule has 1 aromatic heterocycles. The van der Waals surface area contributed by atoms with E-state index in [0.29, 0.717) is 0 Å². The van der Waals surface area contributed by atoms with Gasteiger partial charge < -0.3 is 25.0 Å². The summed E-state index contributed by atoms with van der Waals surface area (Å²) in [7, 11) is 0. The van der Waals surface area contributed by atoms with Crippen molar-refractivity contribution in [2.75, 3.05) is 0 Å². The van der Waals surface area contributed by atoms with E-state index in [-0.39, 0.29) is 34.7 Å². The lowest BCUT2D eigenvalue weighted by atomic mass is 9.92. The Morgan fingerprint density at radius 1 is 1.33 bits per heavy atom. The van der Waals surface area contributed by atoms with Crippen molar-refractivity contribution in [3.05, 3.63) is 33.6 Å². The summed E-state index contributed by atoms with van der Waals surface area (Å²) in [4.78, 5) is 23.4. The highest BCUT2D eigenvalue weighted by Gasteiger charge is 2.31. The number of carboxylic acids is 1. The summed E-state index contributed by atoms with van der Waals surface area (Å²) in [5.74, 6) is -2.22. The Balaban J connectivity index is 2.61. The molecule has 2 unspecified atom stereocenters. The van der Waals surface area contributed by atoms with Crippen LogP contribution >= 0.6 is 0 Å². The van der Waals surface area contributed by atoms with Gasteiger partial charge in [0.15, 0.2) is 0 Å². The predicted octanol–water partition coefficient (Wildman–Crippen LogP) is 1.11. The van der Waals surface area contributed by atoms with Crippen molar-refractivity contribution < 1.29 is 25.2 Å². The van der Waals surface area contributed by atoms with E-state index in [2.05, 4.69) is 0 Å². The molecule has 3 rings (SSSR count). The van der Waals surface area contributed by atoms with Crippen LogP contribution in [-0.2, 0) is 0 Å². The molecule has 0 spiro atoms. The van der Waals surface area contributed by atoms with Crippen LogP contribution in [0.15, 0.2) is 17.1 Å². The fourth-order valence-electron chi connectivity index (χ4n) is 2.93. The van der Waals surface area contributed by atoms with E-state index < -0.39 is 28.8 Å². The number of hydrogen-bond acceptors (Lipinski definition) is 5. The molecule has 1 aliphatic heterocycles. The van der Waals surface area contributed by atoms with Gasteiger partial charge >= 0.3 is 5.97 Å². The Bertz CT molecular complexity index is 838. The van der Waals surface area contributed by atoms with Crippen LogP contribution in [0.1, 0.15) is 41.4 Å². The highest BCUT2D eigenvalue weighted by atomic mass is 16.4. The largest absolute Gasteiger partial charge is 0.507 e. The molecule has 0 fully saturated rings. The molecule has 0 saturated carbocycles. The molecular formula is C14H13NO6. The number of benzene rings is 1. The molecule has 7 heteroatoms. The lowest BCUT2D eigenvalue weighted by molar-refractivity contribution is 0.0694. The lowest BCUT2D eigenvalue weighted by Gasteiger charge is -2.30. The van der Waals surface area contributed by atoms with Crippen LogP contribution in [0, 0.1) is 0 Å². The molecule has 4 N–H and O–H groups in total. The van der Waals surface area contributed by atoms with Gasteiger partial charge in [0.1, 0.15) is 17.1 Å². The zero-order valence-electron chi connectivity index (χ0n) is 11.1. The van der Waals surface area contributed by atoms with E-state index in [1.165, 1.54) is 10.8 Å². The molecule has 0 aliphatic carbocycles. The number of hydrogen-bond donors (Lipinski definition) is 4. The number of aliphatic hydroxyl groups is 1. The standard InChI is InChI=1S/C14H13NO6/c1-5-2-7(16)10-8(17)3-9(18)11-12(10)15(5)4-6(13(11)19)14(20)21/h3-5,7,16-18H,2H2,1H3,(H,20,21). The SMILES string of the molecule is CC1CC(O)c2c(O)cc(O)c3c(=O)c(C(=O)O)cn1c23. The predicted molar refractivity (Wildman–Crippen MR) is 72.8 cm³/mol. The first kappa shape index (κ1) is 13.4. The topological polar surface area (TPSA) is 120 Å². The van der Waals surface area contributed by atoms with Crippen LogP contribution in [-0.4, -0.2) is 31.0 Å². The van der Waals surface area contributed by atoms with Crippen molar-refractivity contribution in [2.24, 2.45) is 0 Å². The molecule has 2 aromatic rings. The van der Waals surface area contributed by atoms with Gasteiger partial charge in [-0.05, 0) is 13.3 Å². The highest BCUT2D eigenvalue weighted by molar-refractivity contribution is 5.97. The minimum absolute atomic E-state index is 0.134. The molecule has 110 valence electrons. The fourth-order valence-corrected chi connectivity index (χ4v) is 2.93. The van der Waals surface area contributed by atoms with E-state index in [4.69, 9.17) is 5.11 Å². The van der Waals surface area contributed by atoms with Crippen molar-refractivity contribution >= 4 is 16.9 Å². The monoisotopic (exact) mass is 291 g/mol. The first-order valence-electron chi connectivity index (χ1n) is 6.38. The van der Waals surface area contributed by atoms with Gasteiger partial charge in [0.25, 0.3) is 0 Å². The second-order valence-corrected chi connectivity index (χ2v) is 5.24. The van der Waals surface area contributed by atoms with Gasteiger partial charge in [-0.3, -0.25) is 4.79 Å². The van der Waals surface area contributed by atoms with Gasteiger partial charge in [0, 0.05) is 23.9 Å². The van der Waals surface area contributed by atoms with Gasteiger partial charge in [-0.15, -0.1) is 0 Å². The maximum Gasteiger partial charge on any atom is 0.341 e. The van der Waals surface area contributed by atoms with Crippen molar-refractivity contribution in [1.29, 1.82) is 0 Å². The number of nitrogens with zero attached hydrogens (tertiary/aromatic N) is 1. The normalized spacial score (nSPS) is 20.7. The zero-order chi connectivity index (χ0) is 15.5. The van der Waals surface area contributed by atoms with E-state index in [0.717, 1.165) is 6.07 Å². The zero-order valence-corrected chi connectivity index (χ0v) is 11.1. The number of phenolic OH excluding ortho intramolecular Hbond substituents is 2. The quantitative estimate of drug-likeness (QED) is 0.624. The number of aromatic hydroxyl groups is 2. The molecule has 0 saturated heterocycles. The third-order valence-corrected chi connectivity index (χ3v) is 3.90. The second-order valence-electron chi connectivity index (χ2n) is 5.24. The average Bonchev–Trinajstić information content (AvgIpc) is 2.36. The Kier molecular flexibility index (Phi) is 2.70. The molecule has 1 aromatic carbocycles. The number of pyridine rings is 1. The van der Waals surface area contributed by atoms with Crippen LogP contribution in [0.2, 0.25) is 0 Å². The summed E-state index contributed by atoms with van der Waals surface area (Å²) in [6.07, 6.45) is 0.465. The Hall–Kier alpha value is -2.54. The Labute approximate surface area is 118 Å². The summed E-state index contributed by atoms with van der Waals surface area (Å²) in [5, 5.41) is 38.9. The van der Waals surface area contributed by atoms with Crippen molar-refractivity contribution in [1.82, 2.24) is 4.57 Å². The van der Waals surface area contributed by atoms with Crippen LogP contribution in [0.3, 0.4) is 0 Å². The summed E-state index contributed by atoms with van der Waals surface area (Å²) in [6, 6.07) is 0.670. The van der Waals surface area contributed by atoms with Crippen LogP contribution < -0.4 is 5.43 Å². The van der Waals surface area contributed by atoms with Crippen LogP contribution in [0.25, 0.3) is 10.9 Å². The Morgan fingerprint density at radius 3 is 2.62 bits per heavy atom. The summed E-state index contributed by atoms with van der Waals surface area (Å²) in [6.45, 7) is 1.75. The first-order valence-corrected chi connectivity index (χ1v) is 6.38. The number of phenols is 2. The minimum Gasteiger partial charge on any atom is -0.507 e. The minimum atomic E-state index is -1.39. The summed E-state index contributed by atoms with van der Waals surface area (Å²) >= 11 is 0. The third-order valence-electron chi connectivity index (χ3n) is 3.90. The maximum absolute atomic E-state index is 12.2. The van der Waals surface area contributed by atoms with Gasteiger partial charge in [-0.2, -0.15) is 0 Å².